The fraction of sp³-hybridized carbons (Fsp3) is 0.429. The van der Waals surface area contributed by atoms with Crippen LogP contribution < -0.4 is 5.32 Å². The molecular weight excluding hydrogens is 196 g/mol. The number of nitrogens with two attached hydrogens (primary N) is 1. The molecular formula is C14H19N2+. The number of fused-ring (bicyclic) bond motifs is 3. The van der Waals surface area contributed by atoms with Gasteiger partial charge in [-0.1, -0.05) is 11.6 Å². The van der Waals surface area contributed by atoms with Crippen molar-refractivity contribution in [3.63, 3.8) is 0 Å². The van der Waals surface area contributed by atoms with Crippen LogP contribution >= 0.6 is 0 Å². The standard InChI is InChI=1S/C14H18N2/c1-9-4-5-13-12(8-9)10(2)14-11(3)15-6-7-16(13)14/h4-5,8,11,15H,6-7H2,1-3H3/p+1/t11-/m0/s1. The minimum Gasteiger partial charge on any atom is -0.338 e. The van der Waals surface area contributed by atoms with E-state index >= 15 is 0 Å². The second-order valence-corrected chi connectivity index (χ2v) is 5.00. The average molecular weight is 215 g/mol. The normalized spacial score (nSPS) is 20.1. The van der Waals surface area contributed by atoms with Gasteiger partial charge in [-0.05, 0) is 38.5 Å². The van der Waals surface area contributed by atoms with Crippen LogP contribution in [0.3, 0.4) is 0 Å². The molecule has 16 heavy (non-hydrogen) atoms. The second-order valence-electron chi connectivity index (χ2n) is 5.00. The third kappa shape index (κ3) is 1.23. The summed E-state index contributed by atoms with van der Waals surface area (Å²) in [7, 11) is 0. The molecule has 2 nitrogen and oxygen atoms in total. The first-order valence-electron chi connectivity index (χ1n) is 6.11. The maximum absolute atomic E-state index is 2.51. The van der Waals surface area contributed by atoms with Gasteiger partial charge in [0.1, 0.15) is 6.04 Å². The Morgan fingerprint density at radius 2 is 2.12 bits per heavy atom. The van der Waals surface area contributed by atoms with Crippen molar-refractivity contribution in [2.24, 2.45) is 0 Å². The summed E-state index contributed by atoms with van der Waals surface area (Å²) in [6, 6.07) is 7.42. The van der Waals surface area contributed by atoms with Crippen molar-refractivity contribution in [2.75, 3.05) is 6.54 Å². The Labute approximate surface area is 96.3 Å². The summed E-state index contributed by atoms with van der Waals surface area (Å²) in [5.41, 5.74) is 5.77. The van der Waals surface area contributed by atoms with Crippen molar-refractivity contribution < 1.29 is 5.32 Å². The molecule has 0 aliphatic carbocycles. The zero-order valence-electron chi connectivity index (χ0n) is 10.2. The number of quaternary nitrogens is 1. The van der Waals surface area contributed by atoms with Crippen molar-refractivity contribution in [3.8, 4) is 0 Å². The van der Waals surface area contributed by atoms with Gasteiger partial charge < -0.3 is 9.88 Å². The molecule has 2 N–H and O–H groups in total. The molecule has 1 atom stereocenters. The summed E-state index contributed by atoms with van der Waals surface area (Å²) >= 11 is 0. The van der Waals surface area contributed by atoms with E-state index in [1.807, 2.05) is 0 Å². The second kappa shape index (κ2) is 3.36. The molecule has 0 radical (unpaired) electrons. The molecule has 1 aliphatic heterocycles. The fourth-order valence-corrected chi connectivity index (χ4v) is 3.05. The Bertz CT molecular complexity index is 551. The van der Waals surface area contributed by atoms with Gasteiger partial charge in [-0.3, -0.25) is 0 Å². The number of rotatable bonds is 0. The predicted molar refractivity (Wildman–Crippen MR) is 66.6 cm³/mol. The SMILES string of the molecule is Cc1ccc2c(c1)c(C)c1n2CC[NH2+][C@H]1C. The largest absolute Gasteiger partial charge is 0.338 e. The highest BCUT2D eigenvalue weighted by atomic mass is 15.1. The van der Waals surface area contributed by atoms with E-state index in [1.165, 1.54) is 34.3 Å². The summed E-state index contributed by atoms with van der Waals surface area (Å²) in [5, 5.41) is 3.88. The van der Waals surface area contributed by atoms with Crippen molar-refractivity contribution in [3.05, 3.63) is 35.0 Å². The number of nitrogens with zero attached hydrogens (tertiary/aromatic N) is 1. The van der Waals surface area contributed by atoms with Gasteiger partial charge in [-0.2, -0.15) is 0 Å². The highest BCUT2D eigenvalue weighted by Crippen LogP contribution is 2.30. The van der Waals surface area contributed by atoms with E-state index in [4.69, 9.17) is 0 Å². The molecule has 0 saturated heterocycles. The van der Waals surface area contributed by atoms with Gasteiger partial charge in [0.2, 0.25) is 0 Å². The van der Waals surface area contributed by atoms with Gasteiger partial charge >= 0.3 is 0 Å². The fourth-order valence-electron chi connectivity index (χ4n) is 3.05. The first-order chi connectivity index (χ1) is 7.68. The summed E-state index contributed by atoms with van der Waals surface area (Å²) in [5.74, 6) is 0. The number of aromatic nitrogens is 1. The molecule has 2 heteroatoms. The maximum Gasteiger partial charge on any atom is 0.124 e. The molecule has 1 aromatic carbocycles. The molecule has 84 valence electrons. The summed E-state index contributed by atoms with van der Waals surface area (Å²) in [6.07, 6.45) is 0. The molecule has 2 aromatic rings. The molecule has 2 heterocycles. The van der Waals surface area contributed by atoms with Crippen LogP contribution in [0.25, 0.3) is 10.9 Å². The molecule has 1 aliphatic rings. The van der Waals surface area contributed by atoms with Gasteiger partial charge in [0.15, 0.2) is 0 Å². The van der Waals surface area contributed by atoms with E-state index in [2.05, 4.69) is 48.9 Å². The van der Waals surface area contributed by atoms with Crippen LogP contribution in [0.4, 0.5) is 0 Å². The topological polar surface area (TPSA) is 21.5 Å². The molecule has 0 amide bonds. The minimum absolute atomic E-state index is 0.599. The lowest BCUT2D eigenvalue weighted by Crippen LogP contribution is -2.87. The van der Waals surface area contributed by atoms with Crippen LogP contribution in [0, 0.1) is 13.8 Å². The Balaban J connectivity index is 2.38. The number of aryl methyl sites for hydroxylation is 2. The average Bonchev–Trinajstić information content (AvgIpc) is 2.54. The van der Waals surface area contributed by atoms with Crippen LogP contribution in [-0.2, 0) is 6.54 Å². The van der Waals surface area contributed by atoms with Crippen LogP contribution in [0.15, 0.2) is 18.2 Å². The van der Waals surface area contributed by atoms with Crippen LogP contribution in [0.5, 0.6) is 0 Å². The van der Waals surface area contributed by atoms with Gasteiger partial charge in [0, 0.05) is 10.9 Å². The van der Waals surface area contributed by atoms with Crippen LogP contribution in [0.2, 0.25) is 0 Å². The minimum atomic E-state index is 0.599. The lowest BCUT2D eigenvalue weighted by molar-refractivity contribution is -0.699. The maximum atomic E-state index is 2.51. The smallest absolute Gasteiger partial charge is 0.124 e. The highest BCUT2D eigenvalue weighted by Gasteiger charge is 2.24. The molecule has 3 rings (SSSR count). The van der Waals surface area contributed by atoms with Gasteiger partial charge in [-0.15, -0.1) is 0 Å². The van der Waals surface area contributed by atoms with Crippen LogP contribution in [-0.4, -0.2) is 11.1 Å². The number of hydrogen-bond acceptors (Lipinski definition) is 0. The third-order valence-corrected chi connectivity index (χ3v) is 3.83. The Morgan fingerprint density at radius 3 is 2.94 bits per heavy atom. The van der Waals surface area contributed by atoms with Crippen molar-refractivity contribution >= 4 is 10.9 Å². The van der Waals surface area contributed by atoms with E-state index in [9.17, 15) is 0 Å². The molecule has 0 fully saturated rings. The van der Waals surface area contributed by atoms with Gasteiger partial charge in [0.05, 0.1) is 18.8 Å². The molecule has 0 bridgehead atoms. The molecule has 0 unspecified atom stereocenters. The monoisotopic (exact) mass is 215 g/mol. The van der Waals surface area contributed by atoms with Gasteiger partial charge in [-0.25, -0.2) is 0 Å². The zero-order chi connectivity index (χ0) is 11.3. The van der Waals surface area contributed by atoms with Crippen molar-refractivity contribution in [1.29, 1.82) is 0 Å². The first kappa shape index (κ1) is 9.91. The summed E-state index contributed by atoms with van der Waals surface area (Å²) < 4.78 is 2.51. The zero-order valence-corrected chi connectivity index (χ0v) is 10.2. The van der Waals surface area contributed by atoms with E-state index in [0.717, 1.165) is 6.54 Å². The molecule has 0 saturated carbocycles. The number of benzene rings is 1. The van der Waals surface area contributed by atoms with E-state index in [0.29, 0.717) is 6.04 Å². The summed E-state index contributed by atoms with van der Waals surface area (Å²) in [4.78, 5) is 0. The van der Waals surface area contributed by atoms with Crippen molar-refractivity contribution in [2.45, 2.75) is 33.4 Å². The summed E-state index contributed by atoms with van der Waals surface area (Å²) in [6.45, 7) is 9.09. The Morgan fingerprint density at radius 1 is 1.31 bits per heavy atom. The van der Waals surface area contributed by atoms with Crippen molar-refractivity contribution in [1.82, 2.24) is 4.57 Å². The lowest BCUT2D eigenvalue weighted by atomic mass is 10.1. The van der Waals surface area contributed by atoms with Gasteiger partial charge in [0.25, 0.3) is 0 Å². The lowest BCUT2D eigenvalue weighted by Gasteiger charge is -2.21. The quantitative estimate of drug-likeness (QED) is 0.693. The Hall–Kier alpha value is -1.28. The predicted octanol–water partition coefficient (Wildman–Crippen LogP) is 1.90. The Kier molecular flexibility index (Phi) is 2.08. The van der Waals surface area contributed by atoms with E-state index < -0.39 is 0 Å². The molecule has 1 aromatic heterocycles. The third-order valence-electron chi connectivity index (χ3n) is 3.83. The van der Waals surface area contributed by atoms with Crippen LogP contribution in [0.1, 0.15) is 29.8 Å². The van der Waals surface area contributed by atoms with E-state index in [1.54, 1.807) is 0 Å². The van der Waals surface area contributed by atoms with E-state index in [-0.39, 0.29) is 0 Å². The first-order valence-corrected chi connectivity index (χ1v) is 6.11. The molecule has 0 spiro atoms. The highest BCUT2D eigenvalue weighted by molar-refractivity contribution is 5.86. The number of hydrogen-bond donors (Lipinski definition) is 1.